The molecule has 5 heteroatoms. The van der Waals surface area contributed by atoms with Crippen LogP contribution in [0.5, 0.6) is 0 Å². The van der Waals surface area contributed by atoms with Gasteiger partial charge in [0.05, 0.1) is 0 Å². The highest BCUT2D eigenvalue weighted by Gasteiger charge is 2.09. The highest BCUT2D eigenvalue weighted by molar-refractivity contribution is 9.10. The molecule has 1 N–H and O–H groups in total. The normalized spacial score (nSPS) is 10.4. The van der Waals surface area contributed by atoms with Gasteiger partial charge in [-0.15, -0.1) is 0 Å². The molecule has 0 unspecified atom stereocenters. The monoisotopic (exact) mass is 312 g/mol. The quantitative estimate of drug-likeness (QED) is 0.866. The van der Waals surface area contributed by atoms with Crippen molar-refractivity contribution in [2.45, 2.75) is 10.8 Å². The molecule has 0 bridgehead atoms. The van der Waals surface area contributed by atoms with Crippen molar-refractivity contribution < 1.29 is 14.3 Å². The van der Waals surface area contributed by atoms with Crippen molar-refractivity contribution in [3.8, 4) is 0 Å². The minimum Gasteiger partial charge on any atom is -0.475 e. The molecule has 17 heavy (non-hydrogen) atoms. The van der Waals surface area contributed by atoms with Crippen LogP contribution in [0.25, 0.3) is 0 Å². The first-order valence-corrected chi connectivity index (χ1v) is 6.63. The maximum absolute atomic E-state index is 10.6. The van der Waals surface area contributed by atoms with Crippen LogP contribution in [0.15, 0.2) is 50.4 Å². The van der Waals surface area contributed by atoms with Crippen molar-refractivity contribution in [2.75, 3.05) is 0 Å². The molecule has 2 rings (SSSR count). The first kappa shape index (κ1) is 12.3. The fourth-order valence-electron chi connectivity index (χ4n) is 1.29. The summed E-state index contributed by atoms with van der Waals surface area (Å²) in [5.41, 5.74) is 1.15. The Morgan fingerprint density at radius 1 is 1.35 bits per heavy atom. The molecule has 0 saturated heterocycles. The van der Waals surface area contributed by atoms with E-state index < -0.39 is 5.97 Å². The molecule has 0 amide bonds. The zero-order valence-corrected chi connectivity index (χ0v) is 11.1. The number of carboxylic acids is 1. The second-order valence-corrected chi connectivity index (χ2v) is 5.24. The maximum Gasteiger partial charge on any atom is 0.371 e. The van der Waals surface area contributed by atoms with Crippen LogP contribution in [0.2, 0.25) is 0 Å². The van der Waals surface area contributed by atoms with E-state index in [0.29, 0.717) is 5.09 Å². The van der Waals surface area contributed by atoms with E-state index in [4.69, 9.17) is 9.52 Å². The molecule has 0 spiro atoms. The van der Waals surface area contributed by atoms with E-state index in [1.165, 1.54) is 17.8 Å². The SMILES string of the molecule is O=C(O)c1ccc(SCc2cccc(Br)c2)o1. The number of halogens is 1. The first-order chi connectivity index (χ1) is 8.15. The van der Waals surface area contributed by atoms with Gasteiger partial charge in [0.1, 0.15) is 0 Å². The fraction of sp³-hybridized carbons (Fsp3) is 0.0833. The summed E-state index contributed by atoms with van der Waals surface area (Å²) in [5.74, 6) is -0.326. The number of carbonyl (C=O) groups is 1. The predicted octanol–water partition coefficient (Wildman–Crippen LogP) is 4.03. The highest BCUT2D eigenvalue weighted by atomic mass is 79.9. The van der Waals surface area contributed by atoms with E-state index in [0.717, 1.165) is 15.8 Å². The minimum absolute atomic E-state index is 0.0262. The largest absolute Gasteiger partial charge is 0.475 e. The molecule has 0 fully saturated rings. The van der Waals surface area contributed by atoms with Crippen LogP contribution < -0.4 is 0 Å². The Hall–Kier alpha value is -1.20. The van der Waals surface area contributed by atoms with Gasteiger partial charge in [-0.3, -0.25) is 0 Å². The Morgan fingerprint density at radius 3 is 2.82 bits per heavy atom. The van der Waals surface area contributed by atoms with Crippen molar-refractivity contribution in [3.05, 3.63) is 52.2 Å². The van der Waals surface area contributed by atoms with Gasteiger partial charge in [0, 0.05) is 10.2 Å². The molecule has 1 heterocycles. The molecule has 0 aliphatic rings. The maximum atomic E-state index is 10.6. The third kappa shape index (κ3) is 3.38. The van der Waals surface area contributed by atoms with Crippen LogP contribution in [-0.2, 0) is 5.75 Å². The third-order valence-corrected chi connectivity index (χ3v) is 3.54. The van der Waals surface area contributed by atoms with Gasteiger partial charge in [0.2, 0.25) is 5.76 Å². The Bertz CT molecular complexity index is 536. The smallest absolute Gasteiger partial charge is 0.371 e. The number of hydrogen-bond donors (Lipinski definition) is 1. The zero-order valence-electron chi connectivity index (χ0n) is 8.72. The first-order valence-electron chi connectivity index (χ1n) is 4.85. The van der Waals surface area contributed by atoms with Crippen molar-refractivity contribution in [2.24, 2.45) is 0 Å². The van der Waals surface area contributed by atoms with Crippen LogP contribution in [-0.4, -0.2) is 11.1 Å². The molecular weight excluding hydrogens is 304 g/mol. The Labute approximate surface area is 111 Å². The molecular formula is C12H9BrO3S. The van der Waals surface area contributed by atoms with Gasteiger partial charge in [0.25, 0.3) is 0 Å². The Kier molecular flexibility index (Phi) is 3.91. The average molecular weight is 313 g/mol. The third-order valence-electron chi connectivity index (χ3n) is 2.06. The summed E-state index contributed by atoms with van der Waals surface area (Å²) in [6.07, 6.45) is 0. The molecule has 88 valence electrons. The van der Waals surface area contributed by atoms with Crippen molar-refractivity contribution in [3.63, 3.8) is 0 Å². The highest BCUT2D eigenvalue weighted by Crippen LogP contribution is 2.25. The van der Waals surface area contributed by atoms with Gasteiger partial charge in [-0.2, -0.15) is 0 Å². The topological polar surface area (TPSA) is 50.4 Å². The molecule has 1 aromatic carbocycles. The Morgan fingerprint density at radius 2 is 2.18 bits per heavy atom. The van der Waals surface area contributed by atoms with Crippen LogP contribution in [0.1, 0.15) is 16.1 Å². The summed E-state index contributed by atoms with van der Waals surface area (Å²) in [6, 6.07) is 11.1. The lowest BCUT2D eigenvalue weighted by Gasteiger charge is -1.99. The van der Waals surface area contributed by atoms with E-state index in [1.54, 1.807) is 6.07 Å². The number of carboxylic acid groups (broad SMARTS) is 1. The number of aromatic carboxylic acids is 1. The molecule has 0 radical (unpaired) electrons. The lowest BCUT2D eigenvalue weighted by atomic mass is 10.2. The van der Waals surface area contributed by atoms with Gasteiger partial charge in [-0.25, -0.2) is 4.79 Å². The van der Waals surface area contributed by atoms with E-state index in [2.05, 4.69) is 15.9 Å². The predicted molar refractivity (Wildman–Crippen MR) is 69.4 cm³/mol. The van der Waals surface area contributed by atoms with E-state index >= 15 is 0 Å². The number of hydrogen-bond acceptors (Lipinski definition) is 3. The Balaban J connectivity index is 2.00. The minimum atomic E-state index is -1.04. The molecule has 0 atom stereocenters. The molecule has 2 aromatic rings. The summed E-state index contributed by atoms with van der Waals surface area (Å²) in [4.78, 5) is 10.6. The number of thioether (sulfide) groups is 1. The molecule has 3 nitrogen and oxygen atoms in total. The second kappa shape index (κ2) is 5.42. The van der Waals surface area contributed by atoms with E-state index in [-0.39, 0.29) is 5.76 Å². The summed E-state index contributed by atoms with van der Waals surface area (Å²) >= 11 is 4.87. The molecule has 0 aliphatic heterocycles. The van der Waals surface area contributed by atoms with Crippen LogP contribution >= 0.6 is 27.7 Å². The summed E-state index contributed by atoms with van der Waals surface area (Å²) in [7, 11) is 0. The number of furan rings is 1. The van der Waals surface area contributed by atoms with E-state index in [1.807, 2.05) is 24.3 Å². The second-order valence-electron chi connectivity index (χ2n) is 3.34. The van der Waals surface area contributed by atoms with Crippen LogP contribution in [0.4, 0.5) is 0 Å². The van der Waals surface area contributed by atoms with Crippen molar-refractivity contribution in [1.29, 1.82) is 0 Å². The average Bonchev–Trinajstić information content (AvgIpc) is 2.75. The number of benzene rings is 1. The van der Waals surface area contributed by atoms with Gasteiger partial charge >= 0.3 is 5.97 Å². The molecule has 0 aliphatic carbocycles. The van der Waals surface area contributed by atoms with Crippen molar-refractivity contribution in [1.82, 2.24) is 0 Å². The fourth-order valence-corrected chi connectivity index (χ4v) is 2.54. The van der Waals surface area contributed by atoms with Crippen LogP contribution in [0, 0.1) is 0 Å². The van der Waals surface area contributed by atoms with Gasteiger partial charge in [-0.1, -0.05) is 39.8 Å². The van der Waals surface area contributed by atoms with Gasteiger partial charge in [0.15, 0.2) is 5.09 Å². The summed E-state index contributed by atoms with van der Waals surface area (Å²) in [6.45, 7) is 0. The molecule has 1 aromatic heterocycles. The number of rotatable bonds is 4. The summed E-state index contributed by atoms with van der Waals surface area (Å²) in [5, 5.41) is 9.32. The van der Waals surface area contributed by atoms with E-state index in [9.17, 15) is 4.79 Å². The van der Waals surface area contributed by atoms with Gasteiger partial charge in [-0.05, 0) is 29.8 Å². The standard InChI is InChI=1S/C12H9BrO3S/c13-9-3-1-2-8(6-9)7-17-11-5-4-10(16-11)12(14)15/h1-6H,7H2,(H,14,15). The summed E-state index contributed by atoms with van der Waals surface area (Å²) < 4.78 is 6.18. The zero-order chi connectivity index (χ0) is 12.3. The molecule has 0 saturated carbocycles. The van der Waals surface area contributed by atoms with Gasteiger partial charge < -0.3 is 9.52 Å². The lowest BCUT2D eigenvalue weighted by molar-refractivity contribution is 0.0656. The van der Waals surface area contributed by atoms with Crippen LogP contribution in [0.3, 0.4) is 0 Å². The van der Waals surface area contributed by atoms with Crippen molar-refractivity contribution >= 4 is 33.7 Å². The lowest BCUT2D eigenvalue weighted by Crippen LogP contribution is -1.91.